The van der Waals surface area contributed by atoms with E-state index in [9.17, 15) is 10.2 Å². The monoisotopic (exact) mass is 874 g/mol. The van der Waals surface area contributed by atoms with Gasteiger partial charge in [0.05, 0.1) is 11.4 Å². The van der Waals surface area contributed by atoms with Crippen LogP contribution in [0.1, 0.15) is 11.1 Å². The van der Waals surface area contributed by atoms with Gasteiger partial charge in [-0.05, 0) is 47.2 Å². The summed E-state index contributed by atoms with van der Waals surface area (Å²) in [6, 6.07) is 39.2. The summed E-state index contributed by atoms with van der Waals surface area (Å²) in [5.41, 5.74) is 5.25. The Morgan fingerprint density at radius 2 is 0.902 bits per heavy atom. The number of fused-ring (bicyclic) bond motifs is 2. The van der Waals surface area contributed by atoms with Gasteiger partial charge >= 0.3 is 0 Å². The molecule has 11 heteroatoms. The number of hydrogen-bond donors (Lipinski definition) is 2. The summed E-state index contributed by atoms with van der Waals surface area (Å²) in [5, 5.41) is 29.8. The third-order valence-corrected chi connectivity index (χ3v) is 10.3. The van der Waals surface area contributed by atoms with Crippen LogP contribution in [0.5, 0.6) is 11.5 Å². The standard InChI is InChI=1S/2C20H13BrN2OS.Ni/c2*21-16-9-7-14(8-10-16)18-12-25-20(23-18)22-11-15-6-5-13-3-1-2-4-17(13)19(15)24;/h2*1-12,24H;/b2*22-11+;. The number of rotatable bonds is 6. The van der Waals surface area contributed by atoms with E-state index >= 15 is 0 Å². The molecule has 0 saturated carbocycles. The molecule has 0 unspecified atom stereocenters. The van der Waals surface area contributed by atoms with Crippen LogP contribution in [0.4, 0.5) is 10.3 Å². The molecule has 8 rings (SSSR count). The number of aromatic nitrogens is 2. The van der Waals surface area contributed by atoms with Gasteiger partial charge in [-0.2, -0.15) is 0 Å². The average Bonchev–Trinajstić information content (AvgIpc) is 3.83. The molecule has 2 aromatic heterocycles. The largest absolute Gasteiger partial charge is 0.507 e. The van der Waals surface area contributed by atoms with Crippen LogP contribution < -0.4 is 0 Å². The van der Waals surface area contributed by atoms with Gasteiger partial charge in [-0.3, -0.25) is 0 Å². The Morgan fingerprint density at radius 3 is 1.31 bits per heavy atom. The fraction of sp³-hybridized carbons (Fsp3) is 0. The third-order valence-electron chi connectivity index (χ3n) is 7.76. The average molecular weight is 877 g/mol. The molecule has 0 atom stereocenters. The third kappa shape index (κ3) is 8.69. The van der Waals surface area contributed by atoms with Crippen LogP contribution >= 0.6 is 54.5 Å². The molecule has 2 N–H and O–H groups in total. The van der Waals surface area contributed by atoms with Gasteiger partial charge in [-0.15, -0.1) is 22.7 Å². The molecule has 0 aliphatic carbocycles. The zero-order valence-electron chi connectivity index (χ0n) is 26.4. The summed E-state index contributed by atoms with van der Waals surface area (Å²) in [7, 11) is 0. The van der Waals surface area contributed by atoms with Crippen molar-refractivity contribution in [2.75, 3.05) is 0 Å². The SMILES string of the molecule is Oc1c(/C=N/c2nc(-c3ccc(Br)cc3)cs2)ccc2ccccc12.Oc1c(/C=N/c2nc(-c3ccc(Br)cc3)cs2)ccc2ccccc12.[Ni]. The number of halogens is 2. The van der Waals surface area contributed by atoms with Crippen LogP contribution in [0.3, 0.4) is 0 Å². The molecule has 6 nitrogen and oxygen atoms in total. The van der Waals surface area contributed by atoms with Crippen molar-refractivity contribution in [2.45, 2.75) is 0 Å². The first-order valence-corrected chi connectivity index (χ1v) is 18.7. The fourth-order valence-electron chi connectivity index (χ4n) is 5.16. The van der Waals surface area contributed by atoms with Gasteiger partial charge in [0.2, 0.25) is 10.3 Å². The number of aromatic hydroxyl groups is 2. The number of aliphatic imine (C=N–C) groups is 2. The van der Waals surface area contributed by atoms with Crippen molar-refractivity contribution in [1.82, 2.24) is 9.97 Å². The Kier molecular flexibility index (Phi) is 11.9. The summed E-state index contributed by atoms with van der Waals surface area (Å²) in [6.45, 7) is 0. The number of thiazole rings is 2. The van der Waals surface area contributed by atoms with Gasteiger partial charge in [-0.25, -0.2) is 20.0 Å². The molecule has 2 heterocycles. The number of nitrogens with zero attached hydrogens (tertiary/aromatic N) is 4. The van der Waals surface area contributed by atoms with Crippen molar-refractivity contribution in [1.29, 1.82) is 0 Å². The molecule has 0 saturated heterocycles. The first kappa shape index (κ1) is 36.3. The first-order chi connectivity index (χ1) is 24.4. The van der Waals surface area contributed by atoms with Gasteiger partial charge in [0, 0.05) is 81.7 Å². The topological polar surface area (TPSA) is 91.0 Å². The van der Waals surface area contributed by atoms with E-state index in [4.69, 9.17) is 0 Å². The van der Waals surface area contributed by atoms with Crippen molar-refractivity contribution in [3.05, 3.63) is 152 Å². The Bertz CT molecular complexity index is 2320. The second-order valence-electron chi connectivity index (χ2n) is 11.0. The van der Waals surface area contributed by atoms with E-state index < -0.39 is 0 Å². The van der Waals surface area contributed by atoms with Gasteiger partial charge in [0.15, 0.2) is 0 Å². The normalized spacial score (nSPS) is 11.2. The maximum absolute atomic E-state index is 10.4. The van der Waals surface area contributed by atoms with Crippen LogP contribution in [-0.4, -0.2) is 32.6 Å². The summed E-state index contributed by atoms with van der Waals surface area (Å²) >= 11 is 9.82. The Morgan fingerprint density at radius 1 is 0.510 bits per heavy atom. The predicted molar refractivity (Wildman–Crippen MR) is 216 cm³/mol. The molecule has 0 amide bonds. The van der Waals surface area contributed by atoms with Crippen molar-refractivity contribution < 1.29 is 26.7 Å². The first-order valence-electron chi connectivity index (χ1n) is 15.3. The summed E-state index contributed by atoms with van der Waals surface area (Å²) in [4.78, 5) is 17.9. The maximum Gasteiger partial charge on any atom is 0.209 e. The summed E-state index contributed by atoms with van der Waals surface area (Å²) in [5.74, 6) is 0.484. The molecule has 0 bridgehead atoms. The fourth-order valence-corrected chi connectivity index (χ4v) is 7.03. The summed E-state index contributed by atoms with van der Waals surface area (Å²) in [6.07, 6.45) is 3.32. The van der Waals surface area contributed by atoms with Gasteiger partial charge in [0.25, 0.3) is 0 Å². The van der Waals surface area contributed by atoms with Crippen LogP contribution in [-0.2, 0) is 16.5 Å². The van der Waals surface area contributed by atoms with Crippen molar-refractivity contribution in [2.24, 2.45) is 9.98 Å². The minimum Gasteiger partial charge on any atom is -0.507 e. The van der Waals surface area contributed by atoms with E-state index in [1.54, 1.807) is 12.4 Å². The van der Waals surface area contributed by atoms with E-state index in [1.807, 2.05) is 132 Å². The molecular formula is C40H26Br2N4NiO2S2. The van der Waals surface area contributed by atoms with Crippen molar-refractivity contribution in [3.63, 3.8) is 0 Å². The quantitative estimate of drug-likeness (QED) is 0.129. The zero-order valence-corrected chi connectivity index (χ0v) is 32.2. The minimum absolute atomic E-state index is 0. The molecule has 0 fully saturated rings. The number of hydrogen-bond acceptors (Lipinski definition) is 8. The molecule has 51 heavy (non-hydrogen) atoms. The van der Waals surface area contributed by atoms with Crippen LogP contribution in [0, 0.1) is 0 Å². The van der Waals surface area contributed by atoms with E-state index in [0.717, 1.165) is 53.0 Å². The van der Waals surface area contributed by atoms with E-state index in [2.05, 4.69) is 51.8 Å². The number of phenolic OH excluding ortho intramolecular Hbond substituents is 2. The Hall–Kier alpha value is -4.51. The van der Waals surface area contributed by atoms with Crippen molar-refractivity contribution >= 4 is 98.8 Å². The predicted octanol–water partition coefficient (Wildman–Crippen LogP) is 12.4. The summed E-state index contributed by atoms with van der Waals surface area (Å²) < 4.78 is 2.08. The van der Waals surface area contributed by atoms with E-state index in [-0.39, 0.29) is 28.0 Å². The van der Waals surface area contributed by atoms with Gasteiger partial charge in [-0.1, -0.05) is 117 Å². The number of benzene rings is 6. The second-order valence-corrected chi connectivity index (χ2v) is 14.5. The van der Waals surface area contributed by atoms with Gasteiger partial charge < -0.3 is 10.2 Å². The van der Waals surface area contributed by atoms with Gasteiger partial charge in [0.1, 0.15) is 11.5 Å². The molecule has 6 aromatic carbocycles. The molecule has 0 radical (unpaired) electrons. The molecule has 0 aliphatic rings. The van der Waals surface area contributed by atoms with E-state index in [1.165, 1.54) is 22.7 Å². The zero-order chi connectivity index (χ0) is 34.5. The second kappa shape index (κ2) is 16.7. The molecule has 8 aromatic rings. The van der Waals surface area contributed by atoms with Crippen LogP contribution in [0.25, 0.3) is 44.1 Å². The molecule has 254 valence electrons. The van der Waals surface area contributed by atoms with Crippen LogP contribution in [0.2, 0.25) is 0 Å². The molecule has 0 spiro atoms. The Balaban J connectivity index is 0.000000172. The van der Waals surface area contributed by atoms with Crippen LogP contribution in [0.15, 0.2) is 151 Å². The molecular weight excluding hydrogens is 851 g/mol. The molecule has 0 aliphatic heterocycles. The smallest absolute Gasteiger partial charge is 0.209 e. The van der Waals surface area contributed by atoms with E-state index in [0.29, 0.717) is 21.4 Å². The van der Waals surface area contributed by atoms with Crippen molar-refractivity contribution in [3.8, 4) is 34.0 Å². The number of phenols is 2. The Labute approximate surface area is 329 Å². The minimum atomic E-state index is 0. The maximum atomic E-state index is 10.4.